The molecule has 0 spiro atoms. The molecule has 0 aliphatic carbocycles. The van der Waals surface area contributed by atoms with E-state index in [0.29, 0.717) is 17.6 Å². The van der Waals surface area contributed by atoms with Crippen LogP contribution in [-0.4, -0.2) is 31.3 Å². The number of carbonyl (C=O) groups is 1. The summed E-state index contributed by atoms with van der Waals surface area (Å²) in [7, 11) is 1.79. The second-order valence-corrected chi connectivity index (χ2v) is 5.28. The Labute approximate surface area is 126 Å². The molecule has 3 aromatic rings. The van der Waals surface area contributed by atoms with Gasteiger partial charge >= 0.3 is 0 Å². The molecule has 1 unspecified atom stereocenters. The molecule has 0 saturated heterocycles. The number of carbonyl (C=O) groups excluding carboxylic acids is 1. The maximum Gasteiger partial charge on any atom is 0.268 e. The SMILES string of the molecule is CC(Cn1cncn1)NC(=O)c1cc2cc(F)ccc2n1C. The molecule has 1 aromatic carbocycles. The van der Waals surface area contributed by atoms with Crippen molar-refractivity contribution in [1.82, 2.24) is 24.6 Å². The highest BCUT2D eigenvalue weighted by atomic mass is 19.1. The van der Waals surface area contributed by atoms with Crippen LogP contribution in [0.4, 0.5) is 4.39 Å². The van der Waals surface area contributed by atoms with Gasteiger partial charge in [-0.15, -0.1) is 0 Å². The van der Waals surface area contributed by atoms with E-state index in [1.165, 1.54) is 18.5 Å². The van der Waals surface area contributed by atoms with Gasteiger partial charge in [-0.2, -0.15) is 5.10 Å². The summed E-state index contributed by atoms with van der Waals surface area (Å²) in [5, 5.41) is 7.62. The molecule has 0 radical (unpaired) electrons. The number of nitrogens with zero attached hydrogens (tertiary/aromatic N) is 4. The van der Waals surface area contributed by atoms with Crippen molar-refractivity contribution >= 4 is 16.8 Å². The first kappa shape index (κ1) is 14.2. The van der Waals surface area contributed by atoms with Crippen LogP contribution in [0.5, 0.6) is 0 Å². The van der Waals surface area contributed by atoms with Crippen molar-refractivity contribution in [2.45, 2.75) is 19.5 Å². The molecule has 3 rings (SSSR count). The van der Waals surface area contributed by atoms with Crippen LogP contribution in [0.3, 0.4) is 0 Å². The second kappa shape index (κ2) is 5.59. The Bertz CT molecular complexity index is 809. The summed E-state index contributed by atoms with van der Waals surface area (Å²) >= 11 is 0. The van der Waals surface area contributed by atoms with Gasteiger partial charge in [-0.05, 0) is 31.2 Å². The van der Waals surface area contributed by atoms with E-state index in [1.54, 1.807) is 34.8 Å². The summed E-state index contributed by atoms with van der Waals surface area (Å²) in [6, 6.07) is 6.06. The van der Waals surface area contributed by atoms with Crippen molar-refractivity contribution in [3.63, 3.8) is 0 Å². The summed E-state index contributed by atoms with van der Waals surface area (Å²) in [5.74, 6) is -0.517. The van der Waals surface area contributed by atoms with Crippen LogP contribution in [0.2, 0.25) is 0 Å². The fraction of sp³-hybridized carbons (Fsp3) is 0.267. The van der Waals surface area contributed by atoms with E-state index in [2.05, 4.69) is 15.4 Å². The maximum absolute atomic E-state index is 13.3. The van der Waals surface area contributed by atoms with Crippen molar-refractivity contribution in [1.29, 1.82) is 0 Å². The number of aromatic nitrogens is 4. The Morgan fingerprint density at radius 3 is 2.95 bits per heavy atom. The molecule has 22 heavy (non-hydrogen) atoms. The summed E-state index contributed by atoms with van der Waals surface area (Å²) < 4.78 is 16.7. The van der Waals surface area contributed by atoms with Crippen LogP contribution >= 0.6 is 0 Å². The smallest absolute Gasteiger partial charge is 0.268 e. The zero-order chi connectivity index (χ0) is 15.7. The predicted octanol–water partition coefficient (Wildman–Crippen LogP) is 1.73. The zero-order valence-electron chi connectivity index (χ0n) is 12.3. The highest BCUT2D eigenvalue weighted by Gasteiger charge is 2.16. The highest BCUT2D eigenvalue weighted by molar-refractivity contribution is 5.98. The Morgan fingerprint density at radius 1 is 1.41 bits per heavy atom. The van der Waals surface area contributed by atoms with Crippen molar-refractivity contribution in [3.8, 4) is 0 Å². The normalized spacial score (nSPS) is 12.5. The minimum atomic E-state index is -0.315. The molecule has 6 nitrogen and oxygen atoms in total. The molecular formula is C15H16FN5O. The number of rotatable bonds is 4. The van der Waals surface area contributed by atoms with Gasteiger partial charge < -0.3 is 9.88 Å². The van der Waals surface area contributed by atoms with Gasteiger partial charge in [0.05, 0.1) is 6.54 Å². The molecule has 0 aliphatic heterocycles. The van der Waals surface area contributed by atoms with E-state index in [-0.39, 0.29) is 17.8 Å². The van der Waals surface area contributed by atoms with E-state index in [1.807, 2.05) is 6.92 Å². The Hall–Kier alpha value is -2.70. The quantitative estimate of drug-likeness (QED) is 0.798. The highest BCUT2D eigenvalue weighted by Crippen LogP contribution is 2.19. The molecule has 0 saturated carbocycles. The largest absolute Gasteiger partial charge is 0.346 e. The number of benzene rings is 1. The molecule has 0 bridgehead atoms. The van der Waals surface area contributed by atoms with Crippen molar-refractivity contribution in [3.05, 3.63) is 48.4 Å². The van der Waals surface area contributed by atoms with Crippen LogP contribution in [0.15, 0.2) is 36.9 Å². The third kappa shape index (κ3) is 2.69. The molecule has 1 amide bonds. The summed E-state index contributed by atoms with van der Waals surface area (Å²) in [6.07, 6.45) is 3.05. The summed E-state index contributed by atoms with van der Waals surface area (Å²) in [5.41, 5.74) is 1.31. The zero-order valence-corrected chi connectivity index (χ0v) is 12.3. The van der Waals surface area contributed by atoms with Gasteiger partial charge in [-0.1, -0.05) is 0 Å². The van der Waals surface area contributed by atoms with Crippen LogP contribution in [0.1, 0.15) is 17.4 Å². The monoisotopic (exact) mass is 301 g/mol. The maximum atomic E-state index is 13.3. The van der Waals surface area contributed by atoms with E-state index in [4.69, 9.17) is 0 Å². The average molecular weight is 301 g/mol. The lowest BCUT2D eigenvalue weighted by Crippen LogP contribution is -2.36. The fourth-order valence-electron chi connectivity index (χ4n) is 2.49. The van der Waals surface area contributed by atoms with Gasteiger partial charge in [0, 0.05) is 24.0 Å². The molecule has 1 N–H and O–H groups in total. The number of aryl methyl sites for hydroxylation is 1. The molecule has 7 heteroatoms. The van der Waals surface area contributed by atoms with Gasteiger partial charge in [0.25, 0.3) is 5.91 Å². The number of nitrogens with one attached hydrogen (secondary N) is 1. The van der Waals surface area contributed by atoms with E-state index in [0.717, 1.165) is 5.52 Å². The minimum absolute atomic E-state index is 0.107. The first-order chi connectivity index (χ1) is 10.5. The predicted molar refractivity (Wildman–Crippen MR) is 79.8 cm³/mol. The molecule has 2 aromatic heterocycles. The third-order valence-electron chi connectivity index (χ3n) is 3.54. The number of hydrogen-bond donors (Lipinski definition) is 1. The lowest BCUT2D eigenvalue weighted by atomic mass is 10.2. The van der Waals surface area contributed by atoms with Gasteiger partial charge in [-0.3, -0.25) is 9.48 Å². The van der Waals surface area contributed by atoms with Crippen molar-refractivity contribution in [2.24, 2.45) is 7.05 Å². The van der Waals surface area contributed by atoms with Crippen molar-refractivity contribution in [2.75, 3.05) is 0 Å². The summed E-state index contributed by atoms with van der Waals surface area (Å²) in [6.45, 7) is 2.42. The molecule has 1 atom stereocenters. The van der Waals surface area contributed by atoms with Crippen molar-refractivity contribution < 1.29 is 9.18 Å². The second-order valence-electron chi connectivity index (χ2n) is 5.28. The first-order valence-electron chi connectivity index (χ1n) is 6.93. The number of amides is 1. The standard InChI is InChI=1S/C15H16FN5O/c1-10(7-21-9-17-8-18-21)19-15(22)14-6-11-5-12(16)3-4-13(11)20(14)2/h3-6,8-10H,7H2,1-2H3,(H,19,22). The number of fused-ring (bicyclic) bond motifs is 1. The Balaban J connectivity index is 1.78. The van der Waals surface area contributed by atoms with Crippen LogP contribution < -0.4 is 5.32 Å². The molecule has 0 fully saturated rings. The molecule has 114 valence electrons. The number of halogens is 1. The Kier molecular flexibility index (Phi) is 3.62. The van der Waals surface area contributed by atoms with Gasteiger partial charge in [0.15, 0.2) is 0 Å². The van der Waals surface area contributed by atoms with Gasteiger partial charge in [0.1, 0.15) is 24.2 Å². The van der Waals surface area contributed by atoms with Gasteiger partial charge in [0.2, 0.25) is 0 Å². The van der Waals surface area contributed by atoms with Gasteiger partial charge in [-0.25, -0.2) is 9.37 Å². The summed E-state index contributed by atoms with van der Waals surface area (Å²) in [4.78, 5) is 16.3. The third-order valence-corrected chi connectivity index (χ3v) is 3.54. The first-order valence-corrected chi connectivity index (χ1v) is 6.93. The van der Waals surface area contributed by atoms with E-state index < -0.39 is 0 Å². The topological polar surface area (TPSA) is 64.7 Å². The van der Waals surface area contributed by atoms with Crippen LogP contribution in [0, 0.1) is 5.82 Å². The lowest BCUT2D eigenvalue weighted by molar-refractivity contribution is 0.0928. The van der Waals surface area contributed by atoms with E-state index >= 15 is 0 Å². The average Bonchev–Trinajstić information content (AvgIpc) is 3.07. The van der Waals surface area contributed by atoms with Crippen LogP contribution in [0.25, 0.3) is 10.9 Å². The lowest BCUT2D eigenvalue weighted by Gasteiger charge is -2.14. The number of hydrogen-bond acceptors (Lipinski definition) is 3. The van der Waals surface area contributed by atoms with E-state index in [9.17, 15) is 9.18 Å². The molecule has 2 heterocycles. The minimum Gasteiger partial charge on any atom is -0.346 e. The van der Waals surface area contributed by atoms with Crippen LogP contribution in [-0.2, 0) is 13.6 Å². The molecular weight excluding hydrogens is 285 g/mol. The Morgan fingerprint density at radius 2 is 2.23 bits per heavy atom. The molecule has 0 aliphatic rings. The fourth-order valence-corrected chi connectivity index (χ4v) is 2.49.